The average molecular weight is 573 g/mol. The minimum atomic E-state index is -3.27. The van der Waals surface area contributed by atoms with Crippen LogP contribution in [0.3, 0.4) is 0 Å². The number of anilines is 2. The molecule has 0 unspecified atom stereocenters. The number of fused-ring (bicyclic) bond motifs is 2. The first kappa shape index (κ1) is 28.0. The van der Waals surface area contributed by atoms with Crippen LogP contribution >= 0.6 is 0 Å². The summed E-state index contributed by atoms with van der Waals surface area (Å²) >= 11 is 0. The molecule has 0 atom stereocenters. The maximum Gasteiger partial charge on any atom is 0.407 e. The van der Waals surface area contributed by atoms with E-state index in [-0.39, 0.29) is 4.90 Å². The number of aryl methyl sites for hydroxylation is 1. The zero-order valence-corrected chi connectivity index (χ0v) is 24.4. The first-order chi connectivity index (χ1) is 19.4. The van der Waals surface area contributed by atoms with Gasteiger partial charge in [0.2, 0.25) is 0 Å². The molecule has 0 radical (unpaired) electrons. The van der Waals surface area contributed by atoms with Crippen LogP contribution in [0.5, 0.6) is 0 Å². The Morgan fingerprint density at radius 1 is 1.00 bits per heavy atom. The van der Waals surface area contributed by atoms with Crippen LogP contribution in [-0.2, 0) is 21.1 Å². The maximum atomic E-state index is 12.0. The quantitative estimate of drug-likeness (QED) is 0.257. The van der Waals surface area contributed by atoms with E-state index in [0.717, 1.165) is 44.2 Å². The molecule has 1 amide bonds. The SMILES string of the molecule is Cc1c(-c2nccc3cnc(Nc4ccc(S(C)(=O)=O)cc4)cc23)ccc2c1cnn2CCNC(=O)OC(C)(C)C. The van der Waals surface area contributed by atoms with Crippen LogP contribution in [0.15, 0.2) is 72.0 Å². The van der Waals surface area contributed by atoms with E-state index < -0.39 is 21.5 Å². The van der Waals surface area contributed by atoms with Gasteiger partial charge in [0.25, 0.3) is 0 Å². The Labute approximate surface area is 238 Å². The molecule has 212 valence electrons. The lowest BCUT2D eigenvalue weighted by Crippen LogP contribution is -2.34. The fourth-order valence-corrected chi connectivity index (χ4v) is 5.22. The van der Waals surface area contributed by atoms with Gasteiger partial charge in [0.05, 0.1) is 28.8 Å². The molecule has 0 bridgehead atoms. The van der Waals surface area contributed by atoms with E-state index in [4.69, 9.17) is 9.72 Å². The number of carbonyl (C=O) groups is 1. The predicted molar refractivity (Wildman–Crippen MR) is 160 cm³/mol. The van der Waals surface area contributed by atoms with Crippen molar-refractivity contribution in [3.63, 3.8) is 0 Å². The average Bonchev–Trinajstić information content (AvgIpc) is 3.31. The summed E-state index contributed by atoms with van der Waals surface area (Å²) in [6.07, 6.45) is 6.12. The number of amides is 1. The van der Waals surface area contributed by atoms with E-state index in [9.17, 15) is 13.2 Å². The molecule has 0 aliphatic heterocycles. The van der Waals surface area contributed by atoms with Gasteiger partial charge in [-0.15, -0.1) is 0 Å². The van der Waals surface area contributed by atoms with Gasteiger partial charge >= 0.3 is 6.09 Å². The summed E-state index contributed by atoms with van der Waals surface area (Å²) in [4.78, 5) is 21.5. The second kappa shape index (κ2) is 10.8. The smallest absolute Gasteiger partial charge is 0.407 e. The maximum absolute atomic E-state index is 12.0. The number of carbonyl (C=O) groups excluding carboxylic acids is 1. The lowest BCUT2D eigenvalue weighted by Gasteiger charge is -2.19. The summed E-state index contributed by atoms with van der Waals surface area (Å²) < 4.78 is 30.7. The molecule has 0 aliphatic carbocycles. The summed E-state index contributed by atoms with van der Waals surface area (Å²) in [5.74, 6) is 0.614. The zero-order chi connectivity index (χ0) is 29.4. The lowest BCUT2D eigenvalue weighted by atomic mass is 9.98. The Morgan fingerprint density at radius 2 is 1.76 bits per heavy atom. The van der Waals surface area contributed by atoms with Crippen molar-refractivity contribution in [3.8, 4) is 11.3 Å². The molecule has 2 N–H and O–H groups in total. The number of nitrogens with one attached hydrogen (secondary N) is 2. The molecule has 3 aromatic heterocycles. The molecule has 0 saturated carbocycles. The highest BCUT2D eigenvalue weighted by molar-refractivity contribution is 7.90. The van der Waals surface area contributed by atoms with Gasteiger partial charge in [-0.05, 0) is 75.7 Å². The van der Waals surface area contributed by atoms with Crippen LogP contribution in [0.4, 0.5) is 16.3 Å². The van der Waals surface area contributed by atoms with Crippen molar-refractivity contribution in [2.75, 3.05) is 18.1 Å². The number of alkyl carbamates (subject to hydrolysis) is 1. The summed E-state index contributed by atoms with van der Waals surface area (Å²) in [7, 11) is -3.27. The van der Waals surface area contributed by atoms with Crippen molar-refractivity contribution in [2.24, 2.45) is 0 Å². The standard InChI is InChI=1S/C30H32N6O4S/c1-19-23(10-11-26-25(19)18-34-36(26)15-14-32-29(37)40-30(2,3)4)28-24-16-27(33-17-20(24)12-13-31-28)35-21-6-8-22(9-7-21)41(5,38)39/h6-13,16-18H,14-15H2,1-5H3,(H,32,37)(H,33,35). The van der Waals surface area contributed by atoms with Gasteiger partial charge in [0.1, 0.15) is 11.4 Å². The van der Waals surface area contributed by atoms with Crippen molar-refractivity contribution in [1.82, 2.24) is 25.1 Å². The van der Waals surface area contributed by atoms with Crippen molar-refractivity contribution in [3.05, 3.63) is 72.7 Å². The second-order valence-corrected chi connectivity index (χ2v) is 12.9. The molecule has 41 heavy (non-hydrogen) atoms. The molecule has 10 nitrogen and oxygen atoms in total. The van der Waals surface area contributed by atoms with Gasteiger partial charge in [-0.1, -0.05) is 6.07 Å². The van der Waals surface area contributed by atoms with Gasteiger partial charge in [-0.25, -0.2) is 18.2 Å². The normalized spacial score (nSPS) is 12.0. The zero-order valence-electron chi connectivity index (χ0n) is 23.6. The number of aromatic nitrogens is 4. The van der Waals surface area contributed by atoms with Crippen LogP contribution in [0.1, 0.15) is 26.3 Å². The van der Waals surface area contributed by atoms with E-state index in [1.54, 1.807) is 36.7 Å². The van der Waals surface area contributed by atoms with E-state index in [1.165, 1.54) is 6.26 Å². The number of ether oxygens (including phenoxy) is 1. The minimum Gasteiger partial charge on any atom is -0.444 e. The summed E-state index contributed by atoms with van der Waals surface area (Å²) in [6, 6.07) is 14.5. The number of hydrogen-bond acceptors (Lipinski definition) is 8. The molecule has 0 fully saturated rings. The third-order valence-corrected chi connectivity index (χ3v) is 7.67. The van der Waals surface area contributed by atoms with Crippen molar-refractivity contribution < 1.29 is 17.9 Å². The van der Waals surface area contributed by atoms with Crippen LogP contribution in [0, 0.1) is 6.92 Å². The Kier molecular flexibility index (Phi) is 7.39. The minimum absolute atomic E-state index is 0.259. The number of rotatable bonds is 7. The Morgan fingerprint density at radius 3 is 2.46 bits per heavy atom. The first-order valence-corrected chi connectivity index (χ1v) is 15.0. The number of sulfone groups is 1. The molecule has 5 rings (SSSR count). The number of hydrogen-bond donors (Lipinski definition) is 2. The Balaban J connectivity index is 1.41. The Hall–Kier alpha value is -4.51. The van der Waals surface area contributed by atoms with Crippen LogP contribution in [-0.4, -0.2) is 52.7 Å². The number of benzene rings is 2. The fourth-order valence-electron chi connectivity index (χ4n) is 4.59. The van der Waals surface area contributed by atoms with Crippen molar-refractivity contribution >= 4 is 49.1 Å². The molecule has 5 aromatic rings. The van der Waals surface area contributed by atoms with Gasteiger partial charge in [-0.3, -0.25) is 9.67 Å². The molecule has 3 heterocycles. The van der Waals surface area contributed by atoms with Gasteiger partial charge in [0, 0.05) is 52.6 Å². The lowest BCUT2D eigenvalue weighted by molar-refractivity contribution is 0.0525. The molecular weight excluding hydrogens is 540 g/mol. The van der Waals surface area contributed by atoms with E-state index >= 15 is 0 Å². The predicted octanol–water partition coefficient (Wildman–Crippen LogP) is 5.63. The molecule has 0 saturated heterocycles. The highest BCUT2D eigenvalue weighted by atomic mass is 32.2. The highest BCUT2D eigenvalue weighted by Crippen LogP contribution is 2.34. The summed E-state index contributed by atoms with van der Waals surface area (Å²) in [6.45, 7) is 8.42. The molecule has 11 heteroatoms. The largest absolute Gasteiger partial charge is 0.444 e. The number of pyridine rings is 2. The van der Waals surface area contributed by atoms with E-state index in [0.29, 0.717) is 18.9 Å². The molecule has 0 spiro atoms. The highest BCUT2D eigenvalue weighted by Gasteiger charge is 2.17. The molecular formula is C30H32N6O4S. The van der Waals surface area contributed by atoms with Crippen molar-refractivity contribution in [2.45, 2.75) is 44.7 Å². The summed E-state index contributed by atoms with van der Waals surface area (Å²) in [5, 5.41) is 13.4. The van der Waals surface area contributed by atoms with E-state index in [1.807, 2.05) is 62.8 Å². The van der Waals surface area contributed by atoms with Gasteiger partial charge < -0.3 is 15.4 Å². The van der Waals surface area contributed by atoms with E-state index in [2.05, 4.69) is 20.7 Å². The third kappa shape index (κ3) is 6.30. The van der Waals surface area contributed by atoms with Crippen LogP contribution in [0.2, 0.25) is 0 Å². The van der Waals surface area contributed by atoms with Gasteiger partial charge in [-0.2, -0.15) is 5.10 Å². The molecule has 0 aliphatic rings. The Bertz CT molecular complexity index is 1860. The topological polar surface area (TPSA) is 128 Å². The fraction of sp³-hybridized carbons (Fsp3) is 0.267. The van der Waals surface area contributed by atoms with Crippen LogP contribution < -0.4 is 10.6 Å². The van der Waals surface area contributed by atoms with Crippen LogP contribution in [0.25, 0.3) is 32.9 Å². The molecule has 2 aromatic carbocycles. The first-order valence-electron chi connectivity index (χ1n) is 13.1. The number of nitrogens with zero attached hydrogens (tertiary/aromatic N) is 4. The monoisotopic (exact) mass is 572 g/mol. The third-order valence-electron chi connectivity index (χ3n) is 6.55. The van der Waals surface area contributed by atoms with Crippen molar-refractivity contribution in [1.29, 1.82) is 0 Å². The summed E-state index contributed by atoms with van der Waals surface area (Å²) in [5.41, 5.74) is 3.96. The van der Waals surface area contributed by atoms with Gasteiger partial charge in [0.15, 0.2) is 9.84 Å². The second-order valence-electron chi connectivity index (χ2n) is 10.8.